The van der Waals surface area contributed by atoms with Crippen molar-refractivity contribution in [3.8, 4) is 0 Å². The molecular weight excluding hydrogens is 200 g/mol. The molecule has 13 heavy (non-hydrogen) atoms. The summed E-state index contributed by atoms with van der Waals surface area (Å²) in [7, 11) is 0. The lowest BCUT2D eigenvalue weighted by Crippen LogP contribution is -2.36. The minimum atomic E-state index is -4.58. The molecule has 0 radical (unpaired) electrons. The zero-order chi connectivity index (χ0) is 10.3. The van der Waals surface area contributed by atoms with Gasteiger partial charge in [0.1, 0.15) is 6.04 Å². The van der Waals surface area contributed by atoms with Gasteiger partial charge in [-0.15, -0.1) is 0 Å². The molecule has 0 spiro atoms. The number of nitrogens with one attached hydrogen (secondary N) is 1. The molecule has 1 aliphatic heterocycles. The van der Waals surface area contributed by atoms with E-state index in [1.165, 1.54) is 0 Å². The third kappa shape index (κ3) is 2.49. The fourth-order valence-corrected chi connectivity index (χ4v) is 1.23. The van der Waals surface area contributed by atoms with Crippen LogP contribution in [-0.4, -0.2) is 24.9 Å². The van der Waals surface area contributed by atoms with Gasteiger partial charge in [0.05, 0.1) is 5.92 Å². The quantitative estimate of drug-likeness (QED) is 0.599. The van der Waals surface area contributed by atoms with Crippen LogP contribution in [-0.2, 0) is 0 Å². The molecular formula is C6H7F6N. The van der Waals surface area contributed by atoms with Crippen molar-refractivity contribution in [2.75, 3.05) is 6.54 Å². The second kappa shape index (κ2) is 3.04. The summed E-state index contributed by atoms with van der Waals surface area (Å²) in [5.74, 6) is -1.88. The zero-order valence-electron chi connectivity index (χ0n) is 6.34. The Balaban J connectivity index is 2.55. The summed E-state index contributed by atoms with van der Waals surface area (Å²) < 4.78 is 71.4. The van der Waals surface area contributed by atoms with E-state index in [1.54, 1.807) is 0 Å². The molecule has 1 rings (SSSR count). The summed E-state index contributed by atoms with van der Waals surface area (Å²) in [6.07, 6.45) is -10.0. The molecule has 0 aliphatic carbocycles. The normalized spacial score (nSPS) is 30.9. The van der Waals surface area contributed by atoms with E-state index >= 15 is 0 Å². The number of hydrogen-bond acceptors (Lipinski definition) is 1. The van der Waals surface area contributed by atoms with Gasteiger partial charge in [-0.3, -0.25) is 0 Å². The Morgan fingerprint density at radius 1 is 0.923 bits per heavy atom. The Kier molecular flexibility index (Phi) is 2.48. The van der Waals surface area contributed by atoms with E-state index in [2.05, 4.69) is 0 Å². The second-order valence-corrected chi connectivity index (χ2v) is 2.98. The van der Waals surface area contributed by atoms with E-state index in [1.807, 2.05) is 5.32 Å². The van der Waals surface area contributed by atoms with Gasteiger partial charge in [-0.05, 0) is 6.42 Å². The molecule has 7 heteroatoms. The second-order valence-electron chi connectivity index (χ2n) is 2.98. The van der Waals surface area contributed by atoms with Crippen LogP contribution in [0.2, 0.25) is 0 Å². The van der Waals surface area contributed by atoms with Crippen LogP contribution in [0.1, 0.15) is 6.42 Å². The maximum atomic E-state index is 11.9. The van der Waals surface area contributed by atoms with E-state index in [4.69, 9.17) is 0 Å². The summed E-state index contributed by atoms with van der Waals surface area (Å²) >= 11 is 0. The van der Waals surface area contributed by atoms with E-state index in [0.717, 1.165) is 0 Å². The van der Waals surface area contributed by atoms with Crippen LogP contribution in [0.15, 0.2) is 0 Å². The van der Waals surface area contributed by atoms with Crippen LogP contribution in [0.5, 0.6) is 0 Å². The van der Waals surface area contributed by atoms with Crippen molar-refractivity contribution in [2.45, 2.75) is 24.8 Å². The molecule has 0 aromatic carbocycles. The maximum Gasteiger partial charge on any atom is 0.403 e. The number of rotatable bonds is 0. The first-order valence-electron chi connectivity index (χ1n) is 3.58. The lowest BCUT2D eigenvalue weighted by molar-refractivity contribution is -0.178. The minimum absolute atomic E-state index is 0.645. The first-order valence-corrected chi connectivity index (χ1v) is 3.58. The van der Waals surface area contributed by atoms with Gasteiger partial charge < -0.3 is 5.32 Å². The molecule has 1 aliphatic rings. The Morgan fingerprint density at radius 2 is 1.46 bits per heavy atom. The van der Waals surface area contributed by atoms with Gasteiger partial charge in [0, 0.05) is 6.54 Å². The van der Waals surface area contributed by atoms with Crippen molar-refractivity contribution >= 4 is 0 Å². The molecule has 0 aromatic rings. The number of alkyl halides is 6. The van der Waals surface area contributed by atoms with Crippen LogP contribution in [0.25, 0.3) is 0 Å². The first-order chi connectivity index (χ1) is 5.71. The Labute approximate surface area is 70.1 Å². The highest BCUT2D eigenvalue weighted by atomic mass is 19.4. The molecule has 0 amide bonds. The molecule has 1 fully saturated rings. The molecule has 1 saturated heterocycles. The summed E-state index contributed by atoms with van der Waals surface area (Å²) in [6.45, 7) is -0.645. The third-order valence-electron chi connectivity index (χ3n) is 1.99. The summed E-state index contributed by atoms with van der Waals surface area (Å²) in [5, 5.41) is 1.81. The van der Waals surface area contributed by atoms with Crippen LogP contribution < -0.4 is 5.32 Å². The van der Waals surface area contributed by atoms with Gasteiger partial charge in [-0.2, -0.15) is 26.3 Å². The molecule has 2 unspecified atom stereocenters. The molecule has 0 saturated carbocycles. The number of hydrogen-bond donors (Lipinski definition) is 1. The third-order valence-corrected chi connectivity index (χ3v) is 1.99. The fraction of sp³-hybridized carbons (Fsp3) is 1.00. The monoisotopic (exact) mass is 207 g/mol. The Morgan fingerprint density at radius 3 is 1.69 bits per heavy atom. The van der Waals surface area contributed by atoms with E-state index in [0.29, 0.717) is 0 Å². The molecule has 0 bridgehead atoms. The largest absolute Gasteiger partial charge is 0.403 e. The average molecular weight is 207 g/mol. The van der Waals surface area contributed by atoms with Gasteiger partial charge in [-0.25, -0.2) is 0 Å². The molecule has 0 aromatic heterocycles. The predicted octanol–water partition coefficient (Wildman–Crippen LogP) is 2.09. The highest BCUT2D eigenvalue weighted by Crippen LogP contribution is 2.37. The zero-order valence-corrected chi connectivity index (χ0v) is 6.34. The van der Waals surface area contributed by atoms with Gasteiger partial charge in [0.15, 0.2) is 0 Å². The van der Waals surface area contributed by atoms with Gasteiger partial charge >= 0.3 is 12.4 Å². The maximum absolute atomic E-state index is 11.9. The van der Waals surface area contributed by atoms with Gasteiger partial charge in [-0.1, -0.05) is 0 Å². The molecule has 78 valence electrons. The minimum Gasteiger partial charge on any atom is -0.306 e. The van der Waals surface area contributed by atoms with Gasteiger partial charge in [0.25, 0.3) is 0 Å². The van der Waals surface area contributed by atoms with Crippen LogP contribution in [0.4, 0.5) is 26.3 Å². The van der Waals surface area contributed by atoms with Crippen LogP contribution in [0.3, 0.4) is 0 Å². The topological polar surface area (TPSA) is 12.0 Å². The standard InChI is InChI=1S/C6H7F6N/c7-5(8,9)3-1-4(13-2-3)6(10,11)12/h3-4,13H,1-2H2. The van der Waals surface area contributed by atoms with Crippen molar-refractivity contribution in [2.24, 2.45) is 5.92 Å². The molecule has 1 heterocycles. The SMILES string of the molecule is FC(F)(F)C1CNC(C(F)(F)F)C1. The van der Waals surface area contributed by atoms with E-state index < -0.39 is 37.3 Å². The van der Waals surface area contributed by atoms with E-state index in [-0.39, 0.29) is 0 Å². The lowest BCUT2D eigenvalue weighted by Gasteiger charge is -2.15. The predicted molar refractivity (Wildman–Crippen MR) is 32.0 cm³/mol. The first kappa shape index (κ1) is 10.6. The van der Waals surface area contributed by atoms with Gasteiger partial charge in [0.2, 0.25) is 0 Å². The van der Waals surface area contributed by atoms with Crippen molar-refractivity contribution in [3.05, 3.63) is 0 Å². The highest BCUT2D eigenvalue weighted by Gasteiger charge is 2.51. The highest BCUT2D eigenvalue weighted by molar-refractivity contribution is 4.89. The number of halogens is 6. The smallest absolute Gasteiger partial charge is 0.306 e. The summed E-state index contributed by atoms with van der Waals surface area (Å²) in [5.41, 5.74) is 0. The Hall–Kier alpha value is -0.460. The summed E-state index contributed by atoms with van der Waals surface area (Å²) in [4.78, 5) is 0. The molecule has 1 nitrogen and oxygen atoms in total. The fourth-order valence-electron chi connectivity index (χ4n) is 1.23. The van der Waals surface area contributed by atoms with Crippen LogP contribution in [0, 0.1) is 5.92 Å². The molecule has 1 N–H and O–H groups in total. The average Bonchev–Trinajstić information content (AvgIpc) is 2.28. The van der Waals surface area contributed by atoms with Crippen molar-refractivity contribution in [1.82, 2.24) is 5.32 Å². The van der Waals surface area contributed by atoms with Crippen molar-refractivity contribution < 1.29 is 26.3 Å². The molecule has 2 atom stereocenters. The van der Waals surface area contributed by atoms with Crippen molar-refractivity contribution in [1.29, 1.82) is 0 Å². The lowest BCUT2D eigenvalue weighted by atomic mass is 10.1. The van der Waals surface area contributed by atoms with Crippen molar-refractivity contribution in [3.63, 3.8) is 0 Å². The summed E-state index contributed by atoms with van der Waals surface area (Å²) in [6, 6.07) is -2.01. The van der Waals surface area contributed by atoms with E-state index in [9.17, 15) is 26.3 Å². The van der Waals surface area contributed by atoms with Crippen LogP contribution >= 0.6 is 0 Å². The Bertz CT molecular complexity index is 163.